The van der Waals surface area contributed by atoms with Crippen molar-refractivity contribution in [1.29, 1.82) is 0 Å². The van der Waals surface area contributed by atoms with Gasteiger partial charge in [0.25, 0.3) is 0 Å². The maximum Gasteiger partial charge on any atom is 0.320 e. The lowest BCUT2D eigenvalue weighted by molar-refractivity contribution is -0.139. The Morgan fingerprint density at radius 2 is 1.93 bits per heavy atom. The molecule has 3 N–H and O–H groups in total. The molecule has 6 heteroatoms. The van der Waals surface area contributed by atoms with E-state index in [1.165, 1.54) is 0 Å². The van der Waals surface area contributed by atoms with Gasteiger partial charge in [0.1, 0.15) is 6.04 Å². The molecule has 1 unspecified atom stereocenters. The maximum absolute atomic E-state index is 10.5. The van der Waals surface area contributed by atoms with Gasteiger partial charge in [0.05, 0.1) is 0 Å². The van der Waals surface area contributed by atoms with Crippen LogP contribution in [0.3, 0.4) is 0 Å². The van der Waals surface area contributed by atoms with Crippen LogP contribution in [-0.2, 0) is 9.59 Å². The molecule has 0 aliphatic heterocycles. The zero-order valence-corrected chi connectivity index (χ0v) is 8.84. The first-order valence-corrected chi connectivity index (χ1v) is 4.26. The van der Waals surface area contributed by atoms with E-state index in [1.807, 2.05) is 0 Å². The highest BCUT2D eigenvalue weighted by atomic mass is 35.5. The number of hydrogen-bond donors (Lipinski definition) is 3. The van der Waals surface area contributed by atoms with Gasteiger partial charge in [0, 0.05) is 6.42 Å². The van der Waals surface area contributed by atoms with Crippen LogP contribution in [0.5, 0.6) is 0 Å². The lowest BCUT2D eigenvalue weighted by Crippen LogP contribution is -2.36. The van der Waals surface area contributed by atoms with Crippen LogP contribution in [0.4, 0.5) is 0 Å². The van der Waals surface area contributed by atoms with Gasteiger partial charge in [-0.05, 0) is 19.4 Å². The molecule has 0 saturated heterocycles. The SMILES string of the molecule is CCC(NCCCC(=O)O)C(=O)O.Cl. The van der Waals surface area contributed by atoms with E-state index in [9.17, 15) is 9.59 Å². The van der Waals surface area contributed by atoms with Gasteiger partial charge < -0.3 is 15.5 Å². The van der Waals surface area contributed by atoms with Gasteiger partial charge in [0.15, 0.2) is 0 Å². The Bertz CT molecular complexity index is 186. The molecule has 0 aromatic carbocycles. The standard InChI is InChI=1S/C8H15NO4.ClH/c1-2-6(8(12)13)9-5-3-4-7(10)11;/h6,9H,2-5H2,1H3,(H,10,11)(H,12,13);1H. The molecule has 0 radical (unpaired) electrons. The van der Waals surface area contributed by atoms with Crippen molar-refractivity contribution in [2.45, 2.75) is 32.2 Å². The average molecular weight is 226 g/mol. The number of aliphatic carboxylic acids is 2. The van der Waals surface area contributed by atoms with Crippen molar-refractivity contribution in [3.63, 3.8) is 0 Å². The second-order valence-corrected chi connectivity index (χ2v) is 2.75. The molecule has 0 heterocycles. The fourth-order valence-electron chi connectivity index (χ4n) is 0.922. The molecule has 0 saturated carbocycles. The predicted molar refractivity (Wildman–Crippen MR) is 53.8 cm³/mol. The van der Waals surface area contributed by atoms with E-state index in [0.29, 0.717) is 19.4 Å². The Morgan fingerprint density at radius 3 is 2.29 bits per heavy atom. The second kappa shape index (κ2) is 8.77. The highest BCUT2D eigenvalue weighted by Gasteiger charge is 2.12. The smallest absolute Gasteiger partial charge is 0.320 e. The molecule has 0 aliphatic carbocycles. The topological polar surface area (TPSA) is 86.6 Å². The molecule has 0 aromatic rings. The maximum atomic E-state index is 10.5. The molecular weight excluding hydrogens is 210 g/mol. The zero-order chi connectivity index (χ0) is 10.3. The third-order valence-electron chi connectivity index (χ3n) is 1.66. The van der Waals surface area contributed by atoms with Crippen LogP contribution >= 0.6 is 12.4 Å². The first-order chi connectivity index (χ1) is 6.07. The molecule has 0 bridgehead atoms. The van der Waals surface area contributed by atoms with Gasteiger partial charge in [-0.25, -0.2) is 0 Å². The van der Waals surface area contributed by atoms with Crippen molar-refractivity contribution in [3.05, 3.63) is 0 Å². The Labute approximate surface area is 88.9 Å². The third kappa shape index (κ3) is 7.82. The minimum Gasteiger partial charge on any atom is -0.481 e. The molecule has 14 heavy (non-hydrogen) atoms. The number of carboxylic acids is 2. The first-order valence-electron chi connectivity index (χ1n) is 4.26. The lowest BCUT2D eigenvalue weighted by Gasteiger charge is -2.10. The second-order valence-electron chi connectivity index (χ2n) is 2.75. The number of hydrogen-bond acceptors (Lipinski definition) is 3. The summed E-state index contributed by atoms with van der Waals surface area (Å²) in [7, 11) is 0. The first kappa shape index (κ1) is 15.7. The van der Waals surface area contributed by atoms with Crippen LogP contribution in [0.15, 0.2) is 0 Å². The fourth-order valence-corrected chi connectivity index (χ4v) is 0.922. The summed E-state index contributed by atoms with van der Waals surface area (Å²) in [5, 5.41) is 19.7. The molecule has 0 aromatic heterocycles. The van der Waals surface area contributed by atoms with Gasteiger partial charge in [-0.3, -0.25) is 9.59 Å². The largest absolute Gasteiger partial charge is 0.481 e. The molecule has 0 fully saturated rings. The van der Waals surface area contributed by atoms with Crippen LogP contribution in [0.1, 0.15) is 26.2 Å². The van der Waals surface area contributed by atoms with Gasteiger partial charge in [-0.1, -0.05) is 6.92 Å². The van der Waals surface area contributed by atoms with Crippen LogP contribution < -0.4 is 5.32 Å². The van der Waals surface area contributed by atoms with Crippen molar-refractivity contribution < 1.29 is 19.8 Å². The van der Waals surface area contributed by atoms with E-state index in [-0.39, 0.29) is 18.8 Å². The lowest BCUT2D eigenvalue weighted by atomic mass is 10.2. The Hall–Kier alpha value is -0.810. The fraction of sp³-hybridized carbons (Fsp3) is 0.750. The summed E-state index contributed by atoms with van der Waals surface area (Å²) in [5.74, 6) is -1.75. The number of nitrogens with one attached hydrogen (secondary N) is 1. The highest BCUT2D eigenvalue weighted by Crippen LogP contribution is 1.92. The van der Waals surface area contributed by atoms with Gasteiger partial charge in [-0.2, -0.15) is 0 Å². The van der Waals surface area contributed by atoms with Crippen molar-refractivity contribution in [1.82, 2.24) is 5.32 Å². The summed E-state index contributed by atoms with van der Waals surface area (Å²) >= 11 is 0. The van der Waals surface area contributed by atoms with Crippen LogP contribution in [-0.4, -0.2) is 34.7 Å². The summed E-state index contributed by atoms with van der Waals surface area (Å²) in [6.45, 7) is 2.19. The number of carbonyl (C=O) groups is 2. The van der Waals surface area contributed by atoms with Crippen molar-refractivity contribution in [2.75, 3.05) is 6.54 Å². The van der Waals surface area contributed by atoms with Crippen LogP contribution in [0, 0.1) is 0 Å². The summed E-state index contributed by atoms with van der Waals surface area (Å²) in [4.78, 5) is 20.6. The average Bonchev–Trinajstić information content (AvgIpc) is 2.03. The van der Waals surface area contributed by atoms with Crippen molar-refractivity contribution in [3.8, 4) is 0 Å². The van der Waals surface area contributed by atoms with Crippen LogP contribution in [0.2, 0.25) is 0 Å². The third-order valence-corrected chi connectivity index (χ3v) is 1.66. The number of halogens is 1. The number of rotatable bonds is 7. The van der Waals surface area contributed by atoms with E-state index in [4.69, 9.17) is 10.2 Å². The van der Waals surface area contributed by atoms with E-state index in [2.05, 4.69) is 5.32 Å². The van der Waals surface area contributed by atoms with Gasteiger partial charge in [0.2, 0.25) is 0 Å². The zero-order valence-electron chi connectivity index (χ0n) is 8.02. The Kier molecular flexibility index (Phi) is 9.81. The molecule has 1 atom stereocenters. The van der Waals surface area contributed by atoms with E-state index < -0.39 is 18.0 Å². The van der Waals surface area contributed by atoms with Gasteiger partial charge >= 0.3 is 11.9 Å². The van der Waals surface area contributed by atoms with Gasteiger partial charge in [-0.15, -0.1) is 12.4 Å². The molecule has 84 valence electrons. The molecule has 0 amide bonds. The summed E-state index contributed by atoms with van der Waals surface area (Å²) in [5.41, 5.74) is 0. The molecule has 0 rings (SSSR count). The van der Waals surface area contributed by atoms with Crippen molar-refractivity contribution >= 4 is 24.3 Å². The molecule has 0 spiro atoms. The normalized spacial score (nSPS) is 11.5. The minimum absolute atomic E-state index is 0. The molecular formula is C8H16ClNO4. The van der Waals surface area contributed by atoms with Crippen LogP contribution in [0.25, 0.3) is 0 Å². The summed E-state index contributed by atoms with van der Waals surface area (Å²) in [6, 6.07) is -0.561. The summed E-state index contributed by atoms with van der Waals surface area (Å²) in [6.07, 6.45) is 1.03. The van der Waals surface area contributed by atoms with E-state index in [0.717, 1.165) is 0 Å². The van der Waals surface area contributed by atoms with Crippen molar-refractivity contribution in [2.24, 2.45) is 0 Å². The Balaban J connectivity index is 0. The molecule has 5 nitrogen and oxygen atoms in total. The summed E-state index contributed by atoms with van der Waals surface area (Å²) < 4.78 is 0. The monoisotopic (exact) mass is 225 g/mol. The van der Waals surface area contributed by atoms with E-state index >= 15 is 0 Å². The Morgan fingerprint density at radius 1 is 1.36 bits per heavy atom. The predicted octanol–water partition coefficient (Wildman–Crippen LogP) is 0.726. The molecule has 0 aliphatic rings. The number of carboxylic acid groups (broad SMARTS) is 2. The quantitative estimate of drug-likeness (QED) is 0.556. The van der Waals surface area contributed by atoms with E-state index in [1.54, 1.807) is 6.92 Å². The minimum atomic E-state index is -0.891. The highest BCUT2D eigenvalue weighted by molar-refractivity contribution is 5.85.